The van der Waals surface area contributed by atoms with Crippen molar-refractivity contribution in [3.05, 3.63) is 59.7 Å². The van der Waals surface area contributed by atoms with Crippen LogP contribution in [0.15, 0.2) is 48.5 Å². The van der Waals surface area contributed by atoms with Crippen LogP contribution in [0.25, 0.3) is 0 Å². The lowest BCUT2D eigenvalue weighted by molar-refractivity contribution is 0.392. The zero-order valence-electron chi connectivity index (χ0n) is 13.7. The number of hydrogen-bond acceptors (Lipinski definition) is 3. The maximum atomic E-state index is 5.66. The lowest BCUT2D eigenvalue weighted by Gasteiger charge is -2.37. The molecule has 0 aromatic heterocycles. The Morgan fingerprint density at radius 3 is 2.09 bits per heavy atom. The van der Waals surface area contributed by atoms with Gasteiger partial charge < -0.3 is 14.5 Å². The second kappa shape index (κ2) is 7.01. The van der Waals surface area contributed by atoms with E-state index in [1.807, 2.05) is 12.1 Å². The van der Waals surface area contributed by atoms with Crippen LogP contribution in [0, 0.1) is 6.92 Å². The molecular weight excluding hydrogens is 304 g/mol. The molecule has 0 atom stereocenters. The smallest absolute Gasteiger partial charge is 0.119 e. The van der Waals surface area contributed by atoms with Gasteiger partial charge in [0.15, 0.2) is 0 Å². The van der Waals surface area contributed by atoms with E-state index in [0.29, 0.717) is 0 Å². The van der Waals surface area contributed by atoms with Crippen LogP contribution in [0.2, 0.25) is 0 Å². The minimum absolute atomic E-state index is 0.896. The molecule has 2 aromatic rings. The summed E-state index contributed by atoms with van der Waals surface area (Å²) in [5.74, 6) is 0.896. The Hall–Kier alpha value is -2.07. The van der Waals surface area contributed by atoms with Gasteiger partial charge in [-0.3, -0.25) is 0 Å². The molecule has 3 rings (SSSR count). The summed E-state index contributed by atoms with van der Waals surface area (Å²) >= 11 is 5.66. The van der Waals surface area contributed by atoms with Gasteiger partial charge >= 0.3 is 0 Å². The van der Waals surface area contributed by atoms with E-state index < -0.39 is 0 Å². The Kier molecular flexibility index (Phi) is 4.82. The Morgan fingerprint density at radius 2 is 1.52 bits per heavy atom. The second-order valence-electron chi connectivity index (χ2n) is 5.84. The Balaban J connectivity index is 1.61. The summed E-state index contributed by atoms with van der Waals surface area (Å²) in [5, 5.41) is 0. The van der Waals surface area contributed by atoms with Crippen molar-refractivity contribution in [2.45, 2.75) is 6.92 Å². The monoisotopic (exact) mass is 326 g/mol. The van der Waals surface area contributed by atoms with Crippen LogP contribution < -0.4 is 9.64 Å². The SMILES string of the molecule is COc1ccc(N2CCN(C(=S)c3ccc(C)cc3)CC2)cc1. The van der Waals surface area contributed by atoms with Crippen LogP contribution in [0.1, 0.15) is 11.1 Å². The highest BCUT2D eigenvalue weighted by Gasteiger charge is 2.19. The van der Waals surface area contributed by atoms with Crippen LogP contribution in [0.4, 0.5) is 5.69 Å². The molecule has 0 bridgehead atoms. The topological polar surface area (TPSA) is 15.7 Å². The second-order valence-corrected chi connectivity index (χ2v) is 6.23. The molecule has 23 heavy (non-hydrogen) atoms. The number of anilines is 1. The summed E-state index contributed by atoms with van der Waals surface area (Å²) in [6.45, 7) is 5.98. The molecule has 0 radical (unpaired) electrons. The summed E-state index contributed by atoms with van der Waals surface area (Å²) in [4.78, 5) is 5.66. The Bertz CT molecular complexity index is 659. The number of benzene rings is 2. The first-order chi connectivity index (χ1) is 11.2. The average molecular weight is 326 g/mol. The van der Waals surface area contributed by atoms with Crippen molar-refractivity contribution < 1.29 is 4.74 Å². The first kappa shape index (κ1) is 15.8. The molecule has 1 saturated heterocycles. The minimum atomic E-state index is 0.896. The molecule has 0 amide bonds. The van der Waals surface area contributed by atoms with Crippen LogP contribution in [0.5, 0.6) is 5.75 Å². The molecule has 2 aromatic carbocycles. The van der Waals surface area contributed by atoms with E-state index in [1.54, 1.807) is 7.11 Å². The van der Waals surface area contributed by atoms with Crippen LogP contribution in [0.3, 0.4) is 0 Å². The fourth-order valence-electron chi connectivity index (χ4n) is 2.84. The van der Waals surface area contributed by atoms with Crippen LogP contribution >= 0.6 is 12.2 Å². The zero-order chi connectivity index (χ0) is 16.2. The highest BCUT2D eigenvalue weighted by Crippen LogP contribution is 2.21. The van der Waals surface area contributed by atoms with E-state index in [4.69, 9.17) is 17.0 Å². The normalized spacial score (nSPS) is 14.7. The molecule has 1 fully saturated rings. The third-order valence-electron chi connectivity index (χ3n) is 4.30. The predicted octanol–water partition coefficient (Wildman–Crippen LogP) is 3.50. The van der Waals surface area contributed by atoms with Gasteiger partial charge in [-0.25, -0.2) is 0 Å². The number of rotatable bonds is 3. The fourth-order valence-corrected chi connectivity index (χ4v) is 3.16. The number of piperazine rings is 1. The lowest BCUT2D eigenvalue weighted by atomic mass is 10.1. The minimum Gasteiger partial charge on any atom is -0.497 e. The Morgan fingerprint density at radius 1 is 0.913 bits per heavy atom. The first-order valence-electron chi connectivity index (χ1n) is 7.92. The highest BCUT2D eigenvalue weighted by molar-refractivity contribution is 7.80. The summed E-state index contributed by atoms with van der Waals surface area (Å²) in [7, 11) is 1.69. The van der Waals surface area contributed by atoms with E-state index in [-0.39, 0.29) is 0 Å². The molecule has 0 unspecified atom stereocenters. The van der Waals surface area contributed by atoms with Gasteiger partial charge in [-0.15, -0.1) is 0 Å². The summed E-state index contributed by atoms with van der Waals surface area (Å²) in [5.41, 5.74) is 3.65. The van der Waals surface area contributed by atoms with Gasteiger partial charge in [0.05, 0.1) is 7.11 Å². The highest BCUT2D eigenvalue weighted by atomic mass is 32.1. The summed E-state index contributed by atoms with van der Waals surface area (Å²) < 4.78 is 5.22. The van der Waals surface area contributed by atoms with Crippen molar-refractivity contribution in [1.82, 2.24) is 4.90 Å². The number of methoxy groups -OCH3 is 1. The third-order valence-corrected chi connectivity index (χ3v) is 4.80. The van der Waals surface area contributed by atoms with Gasteiger partial charge in [-0.2, -0.15) is 0 Å². The molecule has 0 spiro atoms. The molecule has 1 aliphatic heterocycles. The number of aryl methyl sites for hydroxylation is 1. The van der Waals surface area contributed by atoms with Gasteiger partial charge in [-0.05, 0) is 31.2 Å². The van der Waals surface area contributed by atoms with Crippen molar-refractivity contribution >= 4 is 22.9 Å². The largest absolute Gasteiger partial charge is 0.497 e. The van der Waals surface area contributed by atoms with Crippen molar-refractivity contribution in [3.8, 4) is 5.75 Å². The molecular formula is C19H22N2OS. The molecule has 0 aliphatic carbocycles. The summed E-state index contributed by atoms with van der Waals surface area (Å²) in [6, 6.07) is 16.7. The molecule has 120 valence electrons. The maximum Gasteiger partial charge on any atom is 0.119 e. The predicted molar refractivity (Wildman–Crippen MR) is 99.7 cm³/mol. The quantitative estimate of drug-likeness (QED) is 0.802. The van der Waals surface area contributed by atoms with Gasteiger partial charge in [0.2, 0.25) is 0 Å². The molecule has 1 heterocycles. The van der Waals surface area contributed by atoms with Gasteiger partial charge in [0, 0.05) is 37.4 Å². The van der Waals surface area contributed by atoms with Crippen LogP contribution in [-0.4, -0.2) is 43.2 Å². The lowest BCUT2D eigenvalue weighted by Crippen LogP contribution is -2.48. The van der Waals surface area contributed by atoms with E-state index >= 15 is 0 Å². The Labute approximate surface area is 143 Å². The summed E-state index contributed by atoms with van der Waals surface area (Å²) in [6.07, 6.45) is 0. The zero-order valence-corrected chi connectivity index (χ0v) is 14.5. The van der Waals surface area contributed by atoms with Crippen LogP contribution in [-0.2, 0) is 0 Å². The molecule has 1 aliphatic rings. The van der Waals surface area contributed by atoms with Gasteiger partial charge in [-0.1, -0.05) is 42.0 Å². The average Bonchev–Trinajstić information content (AvgIpc) is 2.62. The van der Waals surface area contributed by atoms with E-state index in [9.17, 15) is 0 Å². The van der Waals surface area contributed by atoms with E-state index in [1.165, 1.54) is 11.3 Å². The van der Waals surface area contributed by atoms with Crippen molar-refractivity contribution in [3.63, 3.8) is 0 Å². The van der Waals surface area contributed by atoms with Crippen molar-refractivity contribution in [2.24, 2.45) is 0 Å². The number of hydrogen-bond donors (Lipinski definition) is 0. The standard InChI is InChI=1S/C19H22N2OS/c1-15-3-5-16(6-4-15)19(23)21-13-11-20(12-14-21)17-7-9-18(22-2)10-8-17/h3-10H,11-14H2,1-2H3. The van der Waals surface area contributed by atoms with Crippen molar-refractivity contribution in [2.75, 3.05) is 38.2 Å². The number of ether oxygens (including phenoxy) is 1. The maximum absolute atomic E-state index is 5.66. The first-order valence-corrected chi connectivity index (χ1v) is 8.33. The third kappa shape index (κ3) is 3.64. The molecule has 0 saturated carbocycles. The molecule has 0 N–H and O–H groups in total. The molecule has 3 nitrogen and oxygen atoms in total. The molecule has 4 heteroatoms. The number of thiocarbonyl (C=S) groups is 1. The fraction of sp³-hybridized carbons (Fsp3) is 0.316. The number of nitrogens with zero attached hydrogens (tertiary/aromatic N) is 2. The van der Waals surface area contributed by atoms with Gasteiger partial charge in [0.25, 0.3) is 0 Å². The van der Waals surface area contributed by atoms with E-state index in [2.05, 4.69) is 53.1 Å². The van der Waals surface area contributed by atoms with E-state index in [0.717, 1.165) is 42.5 Å². The van der Waals surface area contributed by atoms with Gasteiger partial charge in [0.1, 0.15) is 10.7 Å². The van der Waals surface area contributed by atoms with Crippen molar-refractivity contribution in [1.29, 1.82) is 0 Å².